The molecule has 2 amide bonds. The molecule has 3 rings (SSSR count). The number of carboxylic acid groups (broad SMARTS) is 2. The van der Waals surface area contributed by atoms with E-state index in [0.29, 0.717) is 18.7 Å². The third-order valence-electron chi connectivity index (χ3n) is 6.32. The third-order valence-corrected chi connectivity index (χ3v) is 6.32. The van der Waals surface area contributed by atoms with E-state index in [1.165, 1.54) is 12.8 Å². The van der Waals surface area contributed by atoms with Crippen LogP contribution >= 0.6 is 0 Å². The van der Waals surface area contributed by atoms with Crippen molar-refractivity contribution in [1.82, 2.24) is 20.4 Å². The van der Waals surface area contributed by atoms with E-state index in [2.05, 4.69) is 27.4 Å². The number of likely N-dealkylation sites (N-methyl/N-ethyl adjacent to an activating group) is 1. The molecule has 11 nitrogen and oxygen atoms in total. The van der Waals surface area contributed by atoms with Gasteiger partial charge in [-0.15, -0.1) is 0 Å². The molecule has 0 aromatic carbocycles. The molecular formula is C23H38N4O7. The Morgan fingerprint density at radius 3 is 2.26 bits per heavy atom. The summed E-state index contributed by atoms with van der Waals surface area (Å²) in [6.07, 6.45) is 4.92. The van der Waals surface area contributed by atoms with Crippen LogP contribution in [0.2, 0.25) is 0 Å². The van der Waals surface area contributed by atoms with E-state index in [1.807, 2.05) is 13.1 Å². The summed E-state index contributed by atoms with van der Waals surface area (Å²) in [5, 5.41) is 19.5. The number of nitrogens with zero attached hydrogens (tertiary/aromatic N) is 2. The average molecular weight is 483 g/mol. The largest absolute Gasteiger partial charge is 0.483 e. The highest BCUT2D eigenvalue weighted by atomic mass is 16.4. The Bertz CT molecular complexity index is 756. The number of hydrogen-bond acceptors (Lipinski definition) is 7. The van der Waals surface area contributed by atoms with Crippen LogP contribution in [-0.2, 0) is 20.9 Å². The SMILES string of the molecule is CNC(=O)C[C@H]1CC[C@@H](CNC(=O)c2ccc(CN3CCC(C)CC3)o2)N1C.O=CO.O=CO. The highest BCUT2D eigenvalue weighted by Gasteiger charge is 2.31. The molecule has 0 saturated carbocycles. The number of carbonyl (C=O) groups excluding carboxylic acids is 2. The molecule has 34 heavy (non-hydrogen) atoms. The van der Waals surface area contributed by atoms with Crippen molar-refractivity contribution in [3.05, 3.63) is 23.7 Å². The van der Waals surface area contributed by atoms with Crippen molar-refractivity contribution in [1.29, 1.82) is 0 Å². The number of furan rings is 1. The molecule has 0 radical (unpaired) electrons. The molecule has 2 saturated heterocycles. The topological polar surface area (TPSA) is 152 Å². The summed E-state index contributed by atoms with van der Waals surface area (Å²) in [5.41, 5.74) is 0. The van der Waals surface area contributed by atoms with Crippen LogP contribution in [0.4, 0.5) is 0 Å². The van der Waals surface area contributed by atoms with E-state index in [4.69, 9.17) is 24.2 Å². The molecular weight excluding hydrogens is 444 g/mol. The maximum atomic E-state index is 12.5. The third kappa shape index (κ3) is 9.92. The lowest BCUT2D eigenvalue weighted by molar-refractivity contribution is -0.123. The molecule has 0 bridgehead atoms. The fourth-order valence-electron chi connectivity index (χ4n) is 4.22. The van der Waals surface area contributed by atoms with Gasteiger partial charge < -0.3 is 25.3 Å². The molecule has 0 spiro atoms. The molecule has 2 fully saturated rings. The Balaban J connectivity index is 0.000000872. The first kappa shape index (κ1) is 29.1. The molecule has 2 aliphatic rings. The average Bonchev–Trinajstić information content (AvgIpc) is 3.42. The van der Waals surface area contributed by atoms with Crippen molar-refractivity contribution in [2.75, 3.05) is 33.7 Å². The van der Waals surface area contributed by atoms with Crippen LogP contribution in [-0.4, -0.2) is 90.6 Å². The van der Waals surface area contributed by atoms with E-state index in [1.54, 1.807) is 13.1 Å². The molecule has 2 aliphatic heterocycles. The minimum Gasteiger partial charge on any atom is -0.483 e. The minimum atomic E-state index is -0.250. The summed E-state index contributed by atoms with van der Waals surface area (Å²) < 4.78 is 5.79. The van der Waals surface area contributed by atoms with Gasteiger partial charge in [-0.05, 0) is 63.9 Å². The molecule has 4 N–H and O–H groups in total. The lowest BCUT2D eigenvalue weighted by Gasteiger charge is -2.29. The first-order valence-electron chi connectivity index (χ1n) is 11.5. The fraction of sp³-hybridized carbons (Fsp3) is 0.652. The lowest BCUT2D eigenvalue weighted by Crippen LogP contribution is -2.42. The van der Waals surface area contributed by atoms with Crippen LogP contribution < -0.4 is 10.6 Å². The van der Waals surface area contributed by atoms with Gasteiger partial charge in [0.25, 0.3) is 18.9 Å². The van der Waals surface area contributed by atoms with E-state index in [0.717, 1.165) is 44.2 Å². The molecule has 0 unspecified atom stereocenters. The first-order valence-corrected chi connectivity index (χ1v) is 11.5. The minimum absolute atomic E-state index is 0.0628. The van der Waals surface area contributed by atoms with Crippen molar-refractivity contribution in [3.63, 3.8) is 0 Å². The number of nitrogens with one attached hydrogen (secondary N) is 2. The van der Waals surface area contributed by atoms with Crippen molar-refractivity contribution in [2.45, 2.75) is 57.7 Å². The monoisotopic (exact) mass is 482 g/mol. The molecule has 3 heterocycles. The van der Waals surface area contributed by atoms with E-state index >= 15 is 0 Å². The highest BCUT2D eigenvalue weighted by Crippen LogP contribution is 2.24. The maximum Gasteiger partial charge on any atom is 0.290 e. The summed E-state index contributed by atoms with van der Waals surface area (Å²) in [7, 11) is 3.69. The van der Waals surface area contributed by atoms with Gasteiger partial charge in [-0.1, -0.05) is 6.92 Å². The molecule has 1 aromatic rings. The van der Waals surface area contributed by atoms with Crippen LogP contribution in [0.5, 0.6) is 0 Å². The number of rotatable bonds is 7. The second-order valence-corrected chi connectivity index (χ2v) is 8.57. The second kappa shape index (κ2) is 15.8. The Hall–Kier alpha value is -2.92. The normalized spacial score (nSPS) is 20.8. The fourth-order valence-corrected chi connectivity index (χ4v) is 4.22. The Morgan fingerprint density at radius 2 is 1.68 bits per heavy atom. The van der Waals surface area contributed by atoms with Crippen molar-refractivity contribution >= 4 is 24.8 Å². The predicted molar refractivity (Wildman–Crippen MR) is 125 cm³/mol. The summed E-state index contributed by atoms with van der Waals surface area (Å²) >= 11 is 0. The summed E-state index contributed by atoms with van der Waals surface area (Å²) in [6, 6.07) is 4.17. The van der Waals surface area contributed by atoms with Gasteiger partial charge >= 0.3 is 0 Å². The summed E-state index contributed by atoms with van der Waals surface area (Å²) in [5.74, 6) is 1.93. The molecule has 0 aliphatic carbocycles. The van der Waals surface area contributed by atoms with Gasteiger partial charge in [0.05, 0.1) is 6.54 Å². The van der Waals surface area contributed by atoms with Gasteiger partial charge in [0.1, 0.15) is 5.76 Å². The molecule has 11 heteroatoms. The van der Waals surface area contributed by atoms with Gasteiger partial charge in [0.2, 0.25) is 5.91 Å². The first-order chi connectivity index (χ1) is 16.3. The van der Waals surface area contributed by atoms with Crippen molar-refractivity contribution < 1.29 is 33.8 Å². The maximum absolute atomic E-state index is 12.5. The smallest absolute Gasteiger partial charge is 0.290 e. The van der Waals surface area contributed by atoms with Crippen LogP contribution in [0.3, 0.4) is 0 Å². The van der Waals surface area contributed by atoms with Crippen molar-refractivity contribution in [2.24, 2.45) is 5.92 Å². The van der Waals surface area contributed by atoms with Gasteiger partial charge in [0, 0.05) is 32.1 Å². The van der Waals surface area contributed by atoms with Gasteiger partial charge in [-0.3, -0.25) is 29.0 Å². The zero-order valence-electron chi connectivity index (χ0n) is 20.2. The van der Waals surface area contributed by atoms with Crippen LogP contribution in [0.1, 0.15) is 55.3 Å². The Labute approximate surface area is 200 Å². The number of piperidine rings is 1. The molecule has 2 atom stereocenters. The van der Waals surface area contributed by atoms with Crippen molar-refractivity contribution in [3.8, 4) is 0 Å². The highest BCUT2D eigenvalue weighted by molar-refractivity contribution is 5.91. The summed E-state index contributed by atoms with van der Waals surface area (Å²) in [6.45, 7) is 5.32. The van der Waals surface area contributed by atoms with Crippen LogP contribution in [0, 0.1) is 5.92 Å². The number of carbonyl (C=O) groups is 4. The van der Waals surface area contributed by atoms with Crippen LogP contribution in [0.25, 0.3) is 0 Å². The Morgan fingerprint density at radius 1 is 1.09 bits per heavy atom. The van der Waals surface area contributed by atoms with E-state index < -0.39 is 0 Å². The molecule has 1 aromatic heterocycles. The van der Waals surface area contributed by atoms with E-state index in [9.17, 15) is 9.59 Å². The Kier molecular flexibility index (Phi) is 13.6. The van der Waals surface area contributed by atoms with Crippen LogP contribution in [0.15, 0.2) is 16.5 Å². The quantitative estimate of drug-likeness (QED) is 0.421. The number of amides is 2. The zero-order chi connectivity index (χ0) is 25.5. The standard InChI is InChI=1S/C21H34N4O3.2CH2O2/c1-15-8-10-25(11-9-15)14-18-6-7-19(28-18)21(27)23-13-17-5-4-16(24(17)3)12-20(26)22-2;2*2-1-3/h6-7,15-17H,4-5,8-14H2,1-3H3,(H,22,26)(H,23,27);2*1H,(H,2,3)/t16-,17+;;/m1../s1. The summed E-state index contributed by atoms with van der Waals surface area (Å²) in [4.78, 5) is 45.4. The van der Waals surface area contributed by atoms with Gasteiger partial charge in [-0.25, -0.2) is 0 Å². The zero-order valence-corrected chi connectivity index (χ0v) is 20.2. The van der Waals surface area contributed by atoms with Gasteiger partial charge in [-0.2, -0.15) is 0 Å². The lowest BCUT2D eigenvalue weighted by atomic mass is 9.99. The van der Waals surface area contributed by atoms with Gasteiger partial charge in [0.15, 0.2) is 5.76 Å². The molecule has 192 valence electrons. The van der Waals surface area contributed by atoms with E-state index in [-0.39, 0.29) is 36.8 Å². The predicted octanol–water partition coefficient (Wildman–Crippen LogP) is 1.24. The number of hydrogen-bond donors (Lipinski definition) is 4. The number of likely N-dealkylation sites (tertiary alicyclic amines) is 2. The second-order valence-electron chi connectivity index (χ2n) is 8.57.